The zero-order valence-electron chi connectivity index (χ0n) is 15.8. The number of halogens is 1. The second-order valence-electron chi connectivity index (χ2n) is 6.94. The van der Waals surface area contributed by atoms with Crippen molar-refractivity contribution in [3.05, 3.63) is 95.5 Å². The van der Waals surface area contributed by atoms with Gasteiger partial charge in [0, 0.05) is 10.0 Å². The molecule has 0 aliphatic rings. The van der Waals surface area contributed by atoms with Crippen molar-refractivity contribution in [3.8, 4) is 17.1 Å². The Labute approximate surface area is 177 Å². The zero-order chi connectivity index (χ0) is 19.6. The maximum Gasteiger partial charge on any atom is 0.141 e. The molecule has 0 fully saturated rings. The van der Waals surface area contributed by atoms with Gasteiger partial charge in [0.1, 0.15) is 18.2 Å². The van der Waals surface area contributed by atoms with Gasteiger partial charge in [0.25, 0.3) is 0 Å². The minimum Gasteiger partial charge on any atom is -0.492 e. The van der Waals surface area contributed by atoms with Gasteiger partial charge in [0.15, 0.2) is 0 Å². The van der Waals surface area contributed by atoms with E-state index in [0.29, 0.717) is 6.61 Å². The molecule has 0 spiro atoms. The standard InChI is InChI=1S/C25H19BrN2O/c26-21-9-5-8-20(16-21)25-27-23-10-3-4-11-24(23)28(25)14-15-29-22-13-12-18-6-1-2-7-19(18)17-22/h1-13,16-17H,14-15H2. The third-order valence-corrected chi connectivity index (χ3v) is 5.54. The van der Waals surface area contributed by atoms with E-state index in [4.69, 9.17) is 9.72 Å². The maximum atomic E-state index is 6.09. The van der Waals surface area contributed by atoms with Gasteiger partial charge in [-0.25, -0.2) is 4.98 Å². The van der Waals surface area contributed by atoms with Crippen LogP contribution in [0.25, 0.3) is 33.2 Å². The van der Waals surface area contributed by atoms with Crippen LogP contribution in [0.4, 0.5) is 0 Å². The Hall–Kier alpha value is -3.11. The zero-order valence-corrected chi connectivity index (χ0v) is 17.3. The number of hydrogen-bond donors (Lipinski definition) is 0. The molecule has 5 rings (SSSR count). The topological polar surface area (TPSA) is 27.1 Å². The summed E-state index contributed by atoms with van der Waals surface area (Å²) in [6.45, 7) is 1.29. The maximum absolute atomic E-state index is 6.09. The first-order chi connectivity index (χ1) is 14.3. The molecule has 4 heteroatoms. The van der Waals surface area contributed by atoms with Gasteiger partial charge in [-0.05, 0) is 47.2 Å². The predicted octanol–water partition coefficient (Wildman–Crippen LogP) is 6.70. The van der Waals surface area contributed by atoms with Crippen LogP contribution in [-0.4, -0.2) is 16.2 Å². The van der Waals surface area contributed by atoms with Crippen LogP contribution in [0.15, 0.2) is 95.5 Å². The van der Waals surface area contributed by atoms with E-state index >= 15 is 0 Å². The highest BCUT2D eigenvalue weighted by Gasteiger charge is 2.12. The van der Waals surface area contributed by atoms with E-state index < -0.39 is 0 Å². The second kappa shape index (κ2) is 7.72. The van der Waals surface area contributed by atoms with Crippen molar-refractivity contribution in [2.45, 2.75) is 6.54 Å². The highest BCUT2D eigenvalue weighted by Crippen LogP contribution is 2.27. The molecule has 3 nitrogen and oxygen atoms in total. The quantitative estimate of drug-likeness (QED) is 0.302. The van der Waals surface area contributed by atoms with Crippen LogP contribution < -0.4 is 4.74 Å². The van der Waals surface area contributed by atoms with Crippen LogP contribution in [0.1, 0.15) is 0 Å². The van der Waals surface area contributed by atoms with Crippen molar-refractivity contribution in [1.29, 1.82) is 0 Å². The number of para-hydroxylation sites is 2. The van der Waals surface area contributed by atoms with Gasteiger partial charge in [-0.1, -0.05) is 70.5 Å². The van der Waals surface area contributed by atoms with Gasteiger partial charge in [-0.2, -0.15) is 0 Å². The Morgan fingerprint density at radius 3 is 2.52 bits per heavy atom. The minimum absolute atomic E-state index is 0.569. The molecule has 5 aromatic rings. The van der Waals surface area contributed by atoms with E-state index in [1.54, 1.807) is 0 Å². The second-order valence-corrected chi connectivity index (χ2v) is 7.86. The summed E-state index contributed by atoms with van der Waals surface area (Å²) in [4.78, 5) is 4.88. The smallest absolute Gasteiger partial charge is 0.141 e. The number of aromatic nitrogens is 2. The lowest BCUT2D eigenvalue weighted by atomic mass is 10.1. The van der Waals surface area contributed by atoms with Gasteiger partial charge in [-0.3, -0.25) is 0 Å². The first-order valence-electron chi connectivity index (χ1n) is 9.61. The highest BCUT2D eigenvalue weighted by molar-refractivity contribution is 9.10. The largest absolute Gasteiger partial charge is 0.492 e. The fourth-order valence-electron chi connectivity index (χ4n) is 3.66. The fourth-order valence-corrected chi connectivity index (χ4v) is 4.06. The number of hydrogen-bond acceptors (Lipinski definition) is 2. The molecule has 29 heavy (non-hydrogen) atoms. The summed E-state index contributed by atoms with van der Waals surface area (Å²) in [6, 6.07) is 31.0. The average Bonchev–Trinajstić information content (AvgIpc) is 3.12. The van der Waals surface area contributed by atoms with Gasteiger partial charge in [-0.15, -0.1) is 0 Å². The van der Waals surface area contributed by atoms with Crippen LogP contribution in [0.2, 0.25) is 0 Å². The van der Waals surface area contributed by atoms with Crippen molar-refractivity contribution in [2.24, 2.45) is 0 Å². The summed E-state index contributed by atoms with van der Waals surface area (Å²) < 4.78 is 9.37. The molecule has 0 N–H and O–H groups in total. The Kier molecular flexibility index (Phi) is 4.78. The van der Waals surface area contributed by atoms with Crippen molar-refractivity contribution in [3.63, 3.8) is 0 Å². The Balaban J connectivity index is 1.44. The Bertz CT molecular complexity index is 1310. The van der Waals surface area contributed by atoms with Crippen molar-refractivity contribution in [2.75, 3.05) is 6.61 Å². The van der Waals surface area contributed by atoms with Gasteiger partial charge in [0.2, 0.25) is 0 Å². The minimum atomic E-state index is 0.569. The molecule has 0 bridgehead atoms. The lowest BCUT2D eigenvalue weighted by molar-refractivity contribution is 0.301. The highest BCUT2D eigenvalue weighted by atomic mass is 79.9. The van der Waals surface area contributed by atoms with Gasteiger partial charge >= 0.3 is 0 Å². The number of ether oxygens (including phenoxy) is 1. The van der Waals surface area contributed by atoms with E-state index in [9.17, 15) is 0 Å². The Morgan fingerprint density at radius 2 is 1.62 bits per heavy atom. The van der Waals surface area contributed by atoms with Crippen LogP contribution in [-0.2, 0) is 6.54 Å². The third-order valence-electron chi connectivity index (χ3n) is 5.04. The Morgan fingerprint density at radius 1 is 0.793 bits per heavy atom. The summed E-state index contributed by atoms with van der Waals surface area (Å²) >= 11 is 3.57. The molecule has 142 valence electrons. The summed E-state index contributed by atoms with van der Waals surface area (Å²) in [5, 5.41) is 2.41. The molecule has 0 saturated carbocycles. The fraction of sp³-hybridized carbons (Fsp3) is 0.0800. The molecule has 1 heterocycles. The third kappa shape index (κ3) is 3.64. The van der Waals surface area contributed by atoms with Crippen LogP contribution in [0, 0.1) is 0 Å². The lowest BCUT2D eigenvalue weighted by Crippen LogP contribution is -2.09. The first-order valence-corrected chi connectivity index (χ1v) is 10.4. The molecule has 0 aliphatic carbocycles. The lowest BCUT2D eigenvalue weighted by Gasteiger charge is -2.12. The normalized spacial score (nSPS) is 11.2. The molecule has 0 atom stereocenters. The number of benzene rings is 4. The summed E-state index contributed by atoms with van der Waals surface area (Å²) in [5.74, 6) is 1.84. The first kappa shape index (κ1) is 18.0. The average molecular weight is 443 g/mol. The van der Waals surface area contributed by atoms with Gasteiger partial charge in [0.05, 0.1) is 17.6 Å². The summed E-state index contributed by atoms with van der Waals surface area (Å²) in [5.41, 5.74) is 3.19. The number of nitrogens with zero attached hydrogens (tertiary/aromatic N) is 2. The molecule has 0 unspecified atom stereocenters. The van der Waals surface area contributed by atoms with Crippen molar-refractivity contribution in [1.82, 2.24) is 9.55 Å². The van der Waals surface area contributed by atoms with Crippen molar-refractivity contribution >= 4 is 37.7 Å². The molecule has 0 aliphatic heterocycles. The van der Waals surface area contributed by atoms with Crippen LogP contribution >= 0.6 is 15.9 Å². The number of fused-ring (bicyclic) bond motifs is 2. The molecule has 0 amide bonds. The molecule has 0 radical (unpaired) electrons. The number of imidazole rings is 1. The van der Waals surface area contributed by atoms with Gasteiger partial charge < -0.3 is 9.30 Å². The van der Waals surface area contributed by atoms with E-state index in [2.05, 4.69) is 81.2 Å². The summed E-state index contributed by atoms with van der Waals surface area (Å²) in [7, 11) is 0. The predicted molar refractivity (Wildman–Crippen MR) is 122 cm³/mol. The molecular formula is C25H19BrN2O. The van der Waals surface area contributed by atoms with Crippen LogP contribution in [0.5, 0.6) is 5.75 Å². The van der Waals surface area contributed by atoms with E-state index in [1.165, 1.54) is 10.8 Å². The van der Waals surface area contributed by atoms with E-state index in [0.717, 1.165) is 39.2 Å². The molecular weight excluding hydrogens is 424 g/mol. The molecule has 1 aromatic heterocycles. The molecule has 4 aromatic carbocycles. The van der Waals surface area contributed by atoms with E-state index in [-0.39, 0.29) is 0 Å². The molecule has 0 saturated heterocycles. The van der Waals surface area contributed by atoms with Crippen LogP contribution in [0.3, 0.4) is 0 Å². The van der Waals surface area contributed by atoms with E-state index in [1.807, 2.05) is 30.3 Å². The SMILES string of the molecule is Brc1cccc(-c2nc3ccccc3n2CCOc2ccc3ccccc3c2)c1. The summed E-state index contributed by atoms with van der Waals surface area (Å²) in [6.07, 6.45) is 0. The number of rotatable bonds is 5. The monoisotopic (exact) mass is 442 g/mol. The van der Waals surface area contributed by atoms with Crippen molar-refractivity contribution < 1.29 is 4.74 Å².